The van der Waals surface area contributed by atoms with E-state index in [4.69, 9.17) is 4.99 Å². The van der Waals surface area contributed by atoms with Gasteiger partial charge in [0.15, 0.2) is 5.96 Å². The van der Waals surface area contributed by atoms with Gasteiger partial charge in [-0.05, 0) is 31.2 Å². The summed E-state index contributed by atoms with van der Waals surface area (Å²) in [6.45, 7) is 14.4. The predicted octanol–water partition coefficient (Wildman–Crippen LogP) is 2.23. The van der Waals surface area contributed by atoms with Gasteiger partial charge in [-0.15, -0.1) is 11.3 Å². The van der Waals surface area contributed by atoms with E-state index in [0.717, 1.165) is 71.2 Å². The molecule has 0 spiro atoms. The Kier molecular flexibility index (Phi) is 7.35. The molecule has 28 heavy (non-hydrogen) atoms. The highest BCUT2D eigenvalue weighted by atomic mass is 32.1. The van der Waals surface area contributed by atoms with Crippen molar-refractivity contribution in [2.24, 2.45) is 4.99 Å². The predicted molar refractivity (Wildman–Crippen MR) is 117 cm³/mol. The Bertz CT molecular complexity index is 644. The lowest BCUT2D eigenvalue weighted by Crippen LogP contribution is -2.54. The first kappa shape index (κ1) is 21.1. The van der Waals surface area contributed by atoms with Crippen LogP contribution >= 0.6 is 11.3 Å². The molecule has 0 bridgehead atoms. The van der Waals surface area contributed by atoms with Gasteiger partial charge in [-0.3, -0.25) is 14.7 Å². The minimum atomic E-state index is 0.0405. The van der Waals surface area contributed by atoms with Crippen LogP contribution in [0, 0.1) is 0 Å². The number of hydrogen-bond donors (Lipinski definition) is 1. The third kappa shape index (κ3) is 5.47. The van der Waals surface area contributed by atoms with Crippen LogP contribution in [0.3, 0.4) is 0 Å². The Morgan fingerprint density at radius 2 is 1.86 bits per heavy atom. The molecular weight excluding hydrogens is 370 g/mol. The molecule has 0 atom stereocenters. The quantitative estimate of drug-likeness (QED) is 0.583. The largest absolute Gasteiger partial charge is 0.357 e. The average molecular weight is 406 g/mol. The van der Waals surface area contributed by atoms with E-state index in [-0.39, 0.29) is 5.41 Å². The molecule has 2 aliphatic heterocycles. The number of carbonyl (C=O) groups is 1. The van der Waals surface area contributed by atoms with Gasteiger partial charge < -0.3 is 15.1 Å². The molecule has 7 heteroatoms. The van der Waals surface area contributed by atoms with Gasteiger partial charge in [0.05, 0.1) is 13.1 Å². The van der Waals surface area contributed by atoms with Gasteiger partial charge in [0.1, 0.15) is 0 Å². The third-order valence-electron chi connectivity index (χ3n) is 5.64. The van der Waals surface area contributed by atoms with Gasteiger partial charge in [-0.1, -0.05) is 19.9 Å². The summed E-state index contributed by atoms with van der Waals surface area (Å²) in [6.07, 6.45) is 2.31. The van der Waals surface area contributed by atoms with E-state index in [2.05, 4.69) is 53.4 Å². The normalized spacial score (nSPS) is 19.3. The van der Waals surface area contributed by atoms with Crippen LogP contribution in [-0.4, -0.2) is 85.5 Å². The first-order valence-corrected chi connectivity index (χ1v) is 11.4. The molecule has 2 fully saturated rings. The van der Waals surface area contributed by atoms with Gasteiger partial charge in [0.25, 0.3) is 0 Å². The molecule has 1 aromatic heterocycles. The molecule has 0 saturated carbocycles. The van der Waals surface area contributed by atoms with Crippen LogP contribution in [0.1, 0.15) is 38.5 Å². The summed E-state index contributed by atoms with van der Waals surface area (Å²) in [7, 11) is 0. The molecule has 156 valence electrons. The summed E-state index contributed by atoms with van der Waals surface area (Å²) >= 11 is 1.80. The van der Waals surface area contributed by atoms with Crippen molar-refractivity contribution in [2.75, 3.05) is 58.9 Å². The molecule has 0 aliphatic carbocycles. The van der Waals surface area contributed by atoms with Gasteiger partial charge in [0.2, 0.25) is 5.91 Å². The average Bonchev–Trinajstić information content (AvgIpc) is 3.40. The number of hydrogen-bond acceptors (Lipinski definition) is 4. The zero-order chi connectivity index (χ0) is 20.0. The molecule has 3 heterocycles. The zero-order valence-electron chi connectivity index (χ0n) is 17.6. The van der Waals surface area contributed by atoms with E-state index in [1.807, 2.05) is 4.90 Å². The molecular formula is C21H35N5OS. The number of likely N-dealkylation sites (tertiary alicyclic amines) is 1. The molecule has 2 saturated heterocycles. The molecule has 0 aromatic carbocycles. The van der Waals surface area contributed by atoms with Crippen molar-refractivity contribution >= 4 is 23.2 Å². The van der Waals surface area contributed by atoms with Crippen molar-refractivity contribution in [2.45, 2.75) is 39.0 Å². The molecule has 2 aliphatic rings. The SMILES string of the molecule is CCNC(=NCC(C)(C)c1cccs1)N1CCN(CC(=O)N2CCCC2)CC1. The number of thiophene rings is 1. The van der Waals surface area contributed by atoms with Crippen molar-refractivity contribution in [3.8, 4) is 0 Å². The number of piperazine rings is 1. The van der Waals surface area contributed by atoms with E-state index < -0.39 is 0 Å². The fourth-order valence-corrected chi connectivity index (χ4v) is 4.66. The van der Waals surface area contributed by atoms with Crippen LogP contribution < -0.4 is 5.32 Å². The Labute approximate surface area is 173 Å². The maximum absolute atomic E-state index is 12.4. The number of amides is 1. The first-order valence-electron chi connectivity index (χ1n) is 10.6. The molecule has 3 rings (SSSR count). The number of nitrogens with one attached hydrogen (secondary N) is 1. The molecule has 1 N–H and O–H groups in total. The number of rotatable bonds is 6. The van der Waals surface area contributed by atoms with Crippen molar-refractivity contribution < 1.29 is 4.79 Å². The summed E-state index contributed by atoms with van der Waals surface area (Å²) in [5.74, 6) is 1.29. The summed E-state index contributed by atoms with van der Waals surface area (Å²) in [4.78, 5) is 25.4. The van der Waals surface area contributed by atoms with Crippen molar-refractivity contribution in [1.82, 2.24) is 20.0 Å². The number of carbonyl (C=O) groups excluding carboxylic acids is 1. The van der Waals surface area contributed by atoms with Crippen molar-refractivity contribution in [1.29, 1.82) is 0 Å². The zero-order valence-corrected chi connectivity index (χ0v) is 18.4. The number of guanidine groups is 1. The Hall–Kier alpha value is -1.60. The second-order valence-corrected chi connectivity index (χ2v) is 9.33. The lowest BCUT2D eigenvalue weighted by molar-refractivity contribution is -0.131. The van der Waals surface area contributed by atoms with Gasteiger partial charge in [-0.25, -0.2) is 0 Å². The van der Waals surface area contributed by atoms with E-state index in [9.17, 15) is 4.79 Å². The van der Waals surface area contributed by atoms with E-state index in [1.165, 1.54) is 4.88 Å². The highest BCUT2D eigenvalue weighted by Crippen LogP contribution is 2.27. The maximum Gasteiger partial charge on any atom is 0.236 e. The van der Waals surface area contributed by atoms with Crippen LogP contribution in [-0.2, 0) is 10.2 Å². The monoisotopic (exact) mass is 405 g/mol. The molecule has 6 nitrogen and oxygen atoms in total. The number of nitrogens with zero attached hydrogens (tertiary/aromatic N) is 4. The van der Waals surface area contributed by atoms with Gasteiger partial charge in [-0.2, -0.15) is 0 Å². The Morgan fingerprint density at radius 1 is 1.14 bits per heavy atom. The second-order valence-electron chi connectivity index (χ2n) is 8.38. The van der Waals surface area contributed by atoms with Crippen LogP contribution in [0.4, 0.5) is 0 Å². The molecule has 1 aromatic rings. The minimum Gasteiger partial charge on any atom is -0.357 e. The van der Waals surface area contributed by atoms with Crippen molar-refractivity contribution in [3.05, 3.63) is 22.4 Å². The third-order valence-corrected chi connectivity index (χ3v) is 6.87. The fourth-order valence-electron chi connectivity index (χ4n) is 3.82. The molecule has 0 unspecified atom stereocenters. The Morgan fingerprint density at radius 3 is 2.46 bits per heavy atom. The smallest absolute Gasteiger partial charge is 0.236 e. The second kappa shape index (κ2) is 9.74. The number of aliphatic imine (C=N–C) groups is 1. The Balaban J connectivity index is 1.53. The standard InChI is InChI=1S/C21H35N5OS/c1-4-22-20(23-17-21(2,3)18-8-7-15-28-18)26-13-11-24(12-14-26)16-19(27)25-9-5-6-10-25/h7-8,15H,4-6,9-14,16-17H2,1-3H3,(H,22,23). The fraction of sp³-hybridized carbons (Fsp3) is 0.714. The molecule has 1 amide bonds. The van der Waals surface area contributed by atoms with E-state index in [0.29, 0.717) is 12.5 Å². The van der Waals surface area contributed by atoms with E-state index in [1.54, 1.807) is 11.3 Å². The summed E-state index contributed by atoms with van der Waals surface area (Å²) in [5.41, 5.74) is 0.0405. The van der Waals surface area contributed by atoms with E-state index >= 15 is 0 Å². The summed E-state index contributed by atoms with van der Waals surface area (Å²) in [6, 6.07) is 4.31. The highest BCUT2D eigenvalue weighted by Gasteiger charge is 2.26. The molecule has 0 radical (unpaired) electrons. The maximum atomic E-state index is 12.4. The highest BCUT2D eigenvalue weighted by molar-refractivity contribution is 7.10. The minimum absolute atomic E-state index is 0.0405. The van der Waals surface area contributed by atoms with Crippen LogP contribution in [0.5, 0.6) is 0 Å². The lowest BCUT2D eigenvalue weighted by atomic mass is 9.92. The first-order chi connectivity index (χ1) is 13.5. The van der Waals surface area contributed by atoms with Crippen LogP contribution in [0.2, 0.25) is 0 Å². The summed E-state index contributed by atoms with van der Waals surface area (Å²) < 4.78 is 0. The topological polar surface area (TPSA) is 51.2 Å². The summed E-state index contributed by atoms with van der Waals surface area (Å²) in [5, 5.41) is 5.59. The van der Waals surface area contributed by atoms with Crippen LogP contribution in [0.25, 0.3) is 0 Å². The van der Waals surface area contributed by atoms with Gasteiger partial charge in [0, 0.05) is 56.1 Å². The lowest BCUT2D eigenvalue weighted by Gasteiger charge is -2.37. The van der Waals surface area contributed by atoms with Crippen LogP contribution in [0.15, 0.2) is 22.5 Å². The van der Waals surface area contributed by atoms with Gasteiger partial charge >= 0.3 is 0 Å². The van der Waals surface area contributed by atoms with Crippen molar-refractivity contribution in [3.63, 3.8) is 0 Å².